The number of carbonyl (C=O) groups excluding carboxylic acids is 1. The number of fused-ring (bicyclic) bond motifs is 1. The molecule has 0 spiro atoms. The van der Waals surface area contributed by atoms with E-state index in [1.165, 1.54) is 5.56 Å². The van der Waals surface area contributed by atoms with E-state index in [-0.39, 0.29) is 5.91 Å². The van der Waals surface area contributed by atoms with E-state index in [4.69, 9.17) is 5.26 Å². The van der Waals surface area contributed by atoms with Crippen molar-refractivity contribution in [3.8, 4) is 6.07 Å². The van der Waals surface area contributed by atoms with E-state index in [0.29, 0.717) is 23.5 Å². The summed E-state index contributed by atoms with van der Waals surface area (Å²) in [7, 11) is 0. The van der Waals surface area contributed by atoms with E-state index >= 15 is 0 Å². The molecular formula is C23H17N3O. The molecule has 0 aliphatic carbocycles. The molecule has 4 heteroatoms. The molecule has 0 N–H and O–H groups in total. The van der Waals surface area contributed by atoms with E-state index in [2.05, 4.69) is 34.2 Å². The Balaban J connectivity index is 1.75. The second-order valence-corrected chi connectivity index (χ2v) is 6.51. The van der Waals surface area contributed by atoms with Crippen LogP contribution in [-0.2, 0) is 6.54 Å². The van der Waals surface area contributed by atoms with E-state index < -0.39 is 0 Å². The number of hydrogen-bond donors (Lipinski definition) is 0. The Morgan fingerprint density at radius 3 is 2.41 bits per heavy atom. The fraction of sp³-hybridized carbons (Fsp3) is 0.0870. The van der Waals surface area contributed by atoms with Crippen LogP contribution in [0.1, 0.15) is 32.6 Å². The molecule has 0 saturated heterocycles. The van der Waals surface area contributed by atoms with Crippen LogP contribution in [0.25, 0.3) is 0 Å². The summed E-state index contributed by atoms with van der Waals surface area (Å²) in [5, 5.41) is 8.92. The van der Waals surface area contributed by atoms with Crippen molar-refractivity contribution in [2.75, 3.05) is 4.90 Å². The summed E-state index contributed by atoms with van der Waals surface area (Å²) in [5.74, 6) is 0.340. The Bertz CT molecular complexity index is 1070. The number of carbonyl (C=O) groups is 1. The molecule has 3 aromatic rings. The Hall–Kier alpha value is -3.71. The third kappa shape index (κ3) is 3.23. The molecule has 1 amide bonds. The highest BCUT2D eigenvalue weighted by atomic mass is 16.1. The van der Waals surface area contributed by atoms with Gasteiger partial charge in [0, 0.05) is 16.8 Å². The molecule has 4 nitrogen and oxygen atoms in total. The number of amides is 1. The summed E-state index contributed by atoms with van der Waals surface area (Å²) < 4.78 is 0. The standard InChI is InChI=1S/C23H17N3O/c1-16-6-12-20(13-7-16)26-15-19-4-2-3-5-21(19)22(26)25-23(27)18-10-8-17(14-24)9-11-18/h2-13H,15H2,1H3. The minimum absolute atomic E-state index is 0.316. The van der Waals surface area contributed by atoms with Gasteiger partial charge in [0.1, 0.15) is 5.84 Å². The van der Waals surface area contributed by atoms with E-state index in [0.717, 1.165) is 16.8 Å². The maximum atomic E-state index is 12.7. The van der Waals surface area contributed by atoms with Crippen LogP contribution in [0.2, 0.25) is 0 Å². The first-order chi connectivity index (χ1) is 13.2. The first-order valence-electron chi connectivity index (χ1n) is 8.71. The lowest BCUT2D eigenvalue weighted by molar-refractivity contribution is 0.100. The zero-order chi connectivity index (χ0) is 18.8. The van der Waals surface area contributed by atoms with Crippen LogP contribution in [0.3, 0.4) is 0 Å². The molecule has 130 valence electrons. The molecule has 0 bridgehead atoms. The number of nitrogens with zero attached hydrogens (tertiary/aromatic N) is 3. The molecular weight excluding hydrogens is 334 g/mol. The van der Waals surface area contributed by atoms with Gasteiger partial charge in [-0.05, 0) is 48.9 Å². The summed E-state index contributed by atoms with van der Waals surface area (Å²) in [6.07, 6.45) is 0. The molecule has 0 saturated carbocycles. The van der Waals surface area contributed by atoms with Crippen molar-refractivity contribution in [2.24, 2.45) is 4.99 Å². The van der Waals surface area contributed by atoms with Crippen LogP contribution in [0.4, 0.5) is 5.69 Å². The van der Waals surface area contributed by atoms with Crippen LogP contribution >= 0.6 is 0 Å². The third-order valence-corrected chi connectivity index (χ3v) is 4.66. The van der Waals surface area contributed by atoms with E-state index in [9.17, 15) is 4.79 Å². The van der Waals surface area contributed by atoms with E-state index in [1.807, 2.05) is 37.3 Å². The average molecular weight is 351 g/mol. The lowest BCUT2D eigenvalue weighted by Crippen LogP contribution is -2.25. The Labute approximate surface area is 158 Å². The Morgan fingerprint density at radius 2 is 1.70 bits per heavy atom. The molecule has 1 aliphatic rings. The van der Waals surface area contributed by atoms with Gasteiger partial charge in [0.25, 0.3) is 5.91 Å². The first kappa shape index (κ1) is 16.7. The second-order valence-electron chi connectivity index (χ2n) is 6.51. The van der Waals surface area contributed by atoms with Crippen LogP contribution in [-0.4, -0.2) is 11.7 Å². The largest absolute Gasteiger partial charge is 0.321 e. The van der Waals surface area contributed by atoms with Crippen molar-refractivity contribution in [3.05, 3.63) is 101 Å². The van der Waals surface area contributed by atoms with Gasteiger partial charge in [-0.15, -0.1) is 0 Å². The van der Waals surface area contributed by atoms with Gasteiger partial charge in [-0.1, -0.05) is 42.0 Å². The third-order valence-electron chi connectivity index (χ3n) is 4.66. The van der Waals surface area contributed by atoms with Crippen LogP contribution in [0.15, 0.2) is 77.8 Å². The molecule has 4 rings (SSSR count). The first-order valence-corrected chi connectivity index (χ1v) is 8.71. The van der Waals surface area contributed by atoms with Crippen molar-refractivity contribution in [3.63, 3.8) is 0 Å². The van der Waals surface area contributed by atoms with Crippen LogP contribution < -0.4 is 4.90 Å². The molecule has 0 aromatic heterocycles. The number of aryl methyl sites for hydroxylation is 1. The quantitative estimate of drug-likeness (QED) is 0.684. The minimum Gasteiger partial charge on any atom is -0.321 e. The predicted molar refractivity (Wildman–Crippen MR) is 106 cm³/mol. The highest BCUT2D eigenvalue weighted by molar-refractivity contribution is 6.18. The normalized spacial score (nSPS) is 14.1. The lowest BCUT2D eigenvalue weighted by atomic mass is 10.1. The molecule has 0 fully saturated rings. The Morgan fingerprint density at radius 1 is 1.00 bits per heavy atom. The number of hydrogen-bond acceptors (Lipinski definition) is 2. The SMILES string of the molecule is Cc1ccc(N2Cc3ccccc3C2=NC(=O)c2ccc(C#N)cc2)cc1. The second kappa shape index (κ2) is 6.89. The van der Waals surface area contributed by atoms with E-state index in [1.54, 1.807) is 24.3 Å². The van der Waals surface area contributed by atoms with Gasteiger partial charge >= 0.3 is 0 Å². The molecule has 27 heavy (non-hydrogen) atoms. The van der Waals surface area contributed by atoms with Crippen molar-refractivity contribution >= 4 is 17.4 Å². The highest BCUT2D eigenvalue weighted by Gasteiger charge is 2.27. The van der Waals surface area contributed by atoms with Crippen molar-refractivity contribution in [1.82, 2.24) is 0 Å². The van der Waals surface area contributed by atoms with Crippen molar-refractivity contribution in [2.45, 2.75) is 13.5 Å². The smallest absolute Gasteiger partial charge is 0.278 e. The van der Waals surface area contributed by atoms with Gasteiger partial charge in [-0.25, -0.2) is 0 Å². The minimum atomic E-state index is -0.316. The summed E-state index contributed by atoms with van der Waals surface area (Å²) in [6.45, 7) is 2.73. The monoisotopic (exact) mass is 351 g/mol. The summed E-state index contributed by atoms with van der Waals surface area (Å²) in [6, 6.07) is 24.8. The predicted octanol–water partition coefficient (Wildman–Crippen LogP) is 4.47. The van der Waals surface area contributed by atoms with Crippen LogP contribution in [0, 0.1) is 18.3 Å². The zero-order valence-corrected chi connectivity index (χ0v) is 14.9. The summed E-state index contributed by atoms with van der Waals surface area (Å²) in [5.41, 5.74) is 5.29. The Kier molecular flexibility index (Phi) is 4.27. The van der Waals surface area contributed by atoms with Crippen molar-refractivity contribution in [1.29, 1.82) is 5.26 Å². The van der Waals surface area contributed by atoms with Crippen molar-refractivity contribution < 1.29 is 4.79 Å². The molecule has 0 atom stereocenters. The molecule has 1 aliphatic heterocycles. The van der Waals surface area contributed by atoms with Gasteiger partial charge < -0.3 is 4.90 Å². The van der Waals surface area contributed by atoms with Gasteiger partial charge in [0.2, 0.25) is 0 Å². The van der Waals surface area contributed by atoms with Gasteiger partial charge in [-0.3, -0.25) is 4.79 Å². The number of nitriles is 1. The van der Waals surface area contributed by atoms with Crippen LogP contribution in [0.5, 0.6) is 0 Å². The molecule has 3 aromatic carbocycles. The average Bonchev–Trinajstić information content (AvgIpc) is 3.07. The van der Waals surface area contributed by atoms with Gasteiger partial charge in [0.05, 0.1) is 18.2 Å². The fourth-order valence-corrected chi connectivity index (χ4v) is 3.17. The zero-order valence-electron chi connectivity index (χ0n) is 14.9. The molecule has 0 unspecified atom stereocenters. The lowest BCUT2D eigenvalue weighted by Gasteiger charge is -2.19. The molecule has 0 radical (unpaired) electrons. The summed E-state index contributed by atoms with van der Waals surface area (Å²) in [4.78, 5) is 19.2. The number of rotatable bonds is 2. The highest BCUT2D eigenvalue weighted by Crippen LogP contribution is 2.29. The number of benzene rings is 3. The van der Waals surface area contributed by atoms with Gasteiger partial charge in [-0.2, -0.15) is 10.3 Å². The topological polar surface area (TPSA) is 56.5 Å². The maximum Gasteiger partial charge on any atom is 0.278 e. The fourth-order valence-electron chi connectivity index (χ4n) is 3.17. The maximum absolute atomic E-state index is 12.7. The van der Waals surface area contributed by atoms with Gasteiger partial charge in [0.15, 0.2) is 0 Å². The number of amidine groups is 1. The molecule has 1 heterocycles. The number of anilines is 1. The summed E-state index contributed by atoms with van der Waals surface area (Å²) >= 11 is 0. The number of aliphatic imine (C=N–C) groups is 1.